The maximum atomic E-state index is 11.9. The van der Waals surface area contributed by atoms with Crippen molar-refractivity contribution >= 4 is 5.91 Å². The molecule has 3 N–H and O–H groups in total. The van der Waals surface area contributed by atoms with Crippen molar-refractivity contribution in [3.63, 3.8) is 0 Å². The number of aliphatic hydroxyl groups is 1. The van der Waals surface area contributed by atoms with Crippen LogP contribution in [0.5, 0.6) is 0 Å². The minimum Gasteiger partial charge on any atom is -0.396 e. The highest BCUT2D eigenvalue weighted by Gasteiger charge is 2.26. The smallest absolute Gasteiger partial charge is 0.240 e. The molecule has 0 bridgehead atoms. The summed E-state index contributed by atoms with van der Waals surface area (Å²) in [7, 11) is 0. The van der Waals surface area contributed by atoms with E-state index in [1.165, 1.54) is 0 Å². The average molecular weight is 224 g/mol. The van der Waals surface area contributed by atoms with Gasteiger partial charge in [-0.15, -0.1) is 12.3 Å². The zero-order chi connectivity index (χ0) is 12.0. The van der Waals surface area contributed by atoms with Gasteiger partial charge in [0.2, 0.25) is 5.91 Å². The predicted molar refractivity (Wildman–Crippen MR) is 62.4 cm³/mol. The summed E-state index contributed by atoms with van der Waals surface area (Å²) in [6, 6.07) is -0.571. The lowest BCUT2D eigenvalue weighted by Crippen LogP contribution is -2.48. The first kappa shape index (κ1) is 13.0. The SMILES string of the molecule is C#CCC(N)C(=O)N1CCCC(CCO)C1. The van der Waals surface area contributed by atoms with Gasteiger partial charge in [-0.05, 0) is 25.2 Å². The molecule has 1 rings (SSSR count). The Balaban J connectivity index is 2.47. The fraction of sp³-hybridized carbons (Fsp3) is 0.750. The average Bonchev–Trinajstić information content (AvgIpc) is 2.29. The summed E-state index contributed by atoms with van der Waals surface area (Å²) in [5, 5.41) is 8.88. The van der Waals surface area contributed by atoms with E-state index in [1.807, 2.05) is 0 Å². The molecule has 1 heterocycles. The van der Waals surface area contributed by atoms with E-state index >= 15 is 0 Å². The van der Waals surface area contributed by atoms with Crippen molar-refractivity contribution in [1.29, 1.82) is 0 Å². The molecule has 0 aromatic heterocycles. The highest BCUT2D eigenvalue weighted by atomic mass is 16.3. The molecule has 1 aliphatic rings. The normalized spacial score (nSPS) is 22.6. The molecule has 4 heteroatoms. The van der Waals surface area contributed by atoms with Crippen LogP contribution in [0.3, 0.4) is 0 Å². The fourth-order valence-corrected chi connectivity index (χ4v) is 2.13. The van der Waals surface area contributed by atoms with Crippen molar-refractivity contribution in [2.45, 2.75) is 31.7 Å². The highest BCUT2D eigenvalue weighted by Crippen LogP contribution is 2.19. The fourth-order valence-electron chi connectivity index (χ4n) is 2.13. The van der Waals surface area contributed by atoms with Gasteiger partial charge in [0, 0.05) is 26.1 Å². The van der Waals surface area contributed by atoms with Crippen LogP contribution in [-0.4, -0.2) is 41.7 Å². The molecular formula is C12H20N2O2. The molecule has 4 nitrogen and oxygen atoms in total. The van der Waals surface area contributed by atoms with Crippen molar-refractivity contribution in [3.8, 4) is 12.3 Å². The van der Waals surface area contributed by atoms with Gasteiger partial charge in [-0.2, -0.15) is 0 Å². The summed E-state index contributed by atoms with van der Waals surface area (Å²) in [4.78, 5) is 13.7. The van der Waals surface area contributed by atoms with E-state index in [9.17, 15) is 4.79 Å². The molecule has 0 aliphatic carbocycles. The van der Waals surface area contributed by atoms with Crippen molar-refractivity contribution in [1.82, 2.24) is 4.90 Å². The van der Waals surface area contributed by atoms with Gasteiger partial charge in [-0.1, -0.05) is 0 Å². The number of nitrogens with zero attached hydrogens (tertiary/aromatic N) is 1. The summed E-state index contributed by atoms with van der Waals surface area (Å²) < 4.78 is 0. The number of hydrogen-bond acceptors (Lipinski definition) is 3. The van der Waals surface area contributed by atoms with Crippen LogP contribution in [0.4, 0.5) is 0 Å². The summed E-state index contributed by atoms with van der Waals surface area (Å²) in [5.41, 5.74) is 5.69. The van der Waals surface area contributed by atoms with Crippen molar-refractivity contribution in [2.75, 3.05) is 19.7 Å². The van der Waals surface area contributed by atoms with Gasteiger partial charge >= 0.3 is 0 Å². The second-order valence-electron chi connectivity index (χ2n) is 4.32. The monoisotopic (exact) mass is 224 g/mol. The summed E-state index contributed by atoms with van der Waals surface area (Å²) in [6.45, 7) is 1.65. The van der Waals surface area contributed by atoms with E-state index in [2.05, 4.69) is 5.92 Å². The number of aliphatic hydroxyl groups excluding tert-OH is 1. The van der Waals surface area contributed by atoms with Gasteiger partial charge in [0.15, 0.2) is 0 Å². The van der Waals surface area contributed by atoms with Crippen LogP contribution < -0.4 is 5.73 Å². The van der Waals surface area contributed by atoms with Gasteiger partial charge in [0.05, 0.1) is 6.04 Å². The first-order valence-corrected chi connectivity index (χ1v) is 5.77. The first-order valence-electron chi connectivity index (χ1n) is 5.77. The summed E-state index contributed by atoms with van der Waals surface area (Å²) >= 11 is 0. The van der Waals surface area contributed by atoms with Crippen molar-refractivity contribution in [3.05, 3.63) is 0 Å². The molecular weight excluding hydrogens is 204 g/mol. The third kappa shape index (κ3) is 3.51. The number of rotatable bonds is 4. The van der Waals surface area contributed by atoms with E-state index < -0.39 is 6.04 Å². The van der Waals surface area contributed by atoms with Crippen molar-refractivity contribution < 1.29 is 9.90 Å². The maximum Gasteiger partial charge on any atom is 0.240 e. The Kier molecular flexibility index (Phi) is 5.30. The second kappa shape index (κ2) is 6.51. The molecule has 0 saturated carbocycles. The van der Waals surface area contributed by atoms with Crippen LogP contribution in [0.2, 0.25) is 0 Å². The molecule has 0 aromatic carbocycles. The van der Waals surface area contributed by atoms with Crippen LogP contribution in [-0.2, 0) is 4.79 Å². The van der Waals surface area contributed by atoms with Crippen molar-refractivity contribution in [2.24, 2.45) is 11.7 Å². The quantitative estimate of drug-likeness (QED) is 0.658. The van der Waals surface area contributed by atoms with E-state index in [0.717, 1.165) is 25.8 Å². The predicted octanol–water partition coefficient (Wildman–Crippen LogP) is -0.0420. The van der Waals surface area contributed by atoms with Gasteiger partial charge in [0.1, 0.15) is 0 Å². The third-order valence-corrected chi connectivity index (χ3v) is 3.02. The highest BCUT2D eigenvalue weighted by molar-refractivity contribution is 5.82. The minimum atomic E-state index is -0.571. The molecule has 2 unspecified atom stereocenters. The van der Waals surface area contributed by atoms with E-state index in [0.29, 0.717) is 18.9 Å². The third-order valence-electron chi connectivity index (χ3n) is 3.02. The molecule has 1 saturated heterocycles. The van der Waals surface area contributed by atoms with Crippen LogP contribution in [0.1, 0.15) is 25.7 Å². The lowest BCUT2D eigenvalue weighted by atomic mass is 9.94. The largest absolute Gasteiger partial charge is 0.396 e. The second-order valence-corrected chi connectivity index (χ2v) is 4.32. The minimum absolute atomic E-state index is 0.0550. The van der Waals surface area contributed by atoms with E-state index in [4.69, 9.17) is 17.3 Å². The lowest BCUT2D eigenvalue weighted by molar-refractivity contribution is -0.134. The number of amides is 1. The molecule has 0 aromatic rings. The number of hydrogen-bond donors (Lipinski definition) is 2. The Morgan fingerprint density at radius 2 is 2.44 bits per heavy atom. The standard InChI is InChI=1S/C12H20N2O2/c1-2-4-11(13)12(16)14-7-3-5-10(9-14)6-8-15/h1,10-11,15H,3-9,13H2. The van der Waals surface area contributed by atoms with Gasteiger partial charge < -0.3 is 15.7 Å². The molecule has 0 radical (unpaired) electrons. The molecule has 2 atom stereocenters. The van der Waals surface area contributed by atoms with Gasteiger partial charge in [0.25, 0.3) is 0 Å². The van der Waals surface area contributed by atoms with Gasteiger partial charge in [-0.3, -0.25) is 4.79 Å². The lowest BCUT2D eigenvalue weighted by Gasteiger charge is -2.33. The number of carbonyl (C=O) groups is 1. The summed E-state index contributed by atoms with van der Waals surface area (Å²) in [6.07, 6.45) is 8.25. The number of likely N-dealkylation sites (tertiary alicyclic amines) is 1. The Morgan fingerprint density at radius 3 is 3.06 bits per heavy atom. The molecule has 1 amide bonds. The topological polar surface area (TPSA) is 66.6 Å². The molecule has 1 aliphatic heterocycles. The van der Waals surface area contributed by atoms with E-state index in [1.54, 1.807) is 4.90 Å². The number of terminal acetylenes is 1. The van der Waals surface area contributed by atoms with Crippen LogP contribution >= 0.6 is 0 Å². The zero-order valence-electron chi connectivity index (χ0n) is 9.56. The molecule has 0 spiro atoms. The Labute approximate surface area is 96.8 Å². The first-order chi connectivity index (χ1) is 7.69. The Morgan fingerprint density at radius 1 is 1.69 bits per heavy atom. The molecule has 90 valence electrons. The Hall–Kier alpha value is -1.05. The summed E-state index contributed by atoms with van der Waals surface area (Å²) in [5.74, 6) is 2.76. The van der Waals surface area contributed by atoms with Crippen LogP contribution in [0, 0.1) is 18.3 Å². The Bertz CT molecular complexity index is 271. The molecule has 16 heavy (non-hydrogen) atoms. The van der Waals surface area contributed by atoms with E-state index in [-0.39, 0.29) is 12.5 Å². The van der Waals surface area contributed by atoms with Crippen LogP contribution in [0.15, 0.2) is 0 Å². The number of piperidine rings is 1. The zero-order valence-corrected chi connectivity index (χ0v) is 9.56. The van der Waals surface area contributed by atoms with Crippen LogP contribution in [0.25, 0.3) is 0 Å². The van der Waals surface area contributed by atoms with Gasteiger partial charge in [-0.25, -0.2) is 0 Å². The number of nitrogens with two attached hydrogens (primary N) is 1. The molecule has 1 fully saturated rings. The number of carbonyl (C=O) groups excluding carboxylic acids is 1. The maximum absolute atomic E-state index is 11.9.